The highest BCUT2D eigenvalue weighted by molar-refractivity contribution is 9.11. The van der Waals surface area contributed by atoms with E-state index in [4.69, 9.17) is 4.74 Å². The van der Waals surface area contributed by atoms with Gasteiger partial charge in [0, 0.05) is 35.0 Å². The molecular weight excluding hydrogens is 614 g/mol. The topological polar surface area (TPSA) is 73.8 Å². The standard InChI is InChI=1S/C37H44BrN3O3/c1-3-4-5-13-31(24-38)39-36(29-11-7-12-29)40-34-20-15-27(22-26(34)2)23-35(28-9-6-10-28)41-21-8-14-32(41)25-44-33-18-16-30(17-19-33)37(42)43/h3-5,13,15-20,22,24,32,39-40H,6-12,14,21,23,25H2,1-2H3,(H,42,43)/b4-3-,13-5-,31-24-. The lowest BCUT2D eigenvalue weighted by molar-refractivity contribution is 0.0697. The number of nitrogens with one attached hydrogen (secondary N) is 2. The van der Waals surface area contributed by atoms with E-state index in [-0.39, 0.29) is 5.56 Å². The number of allylic oxidation sites excluding steroid dienone is 7. The Morgan fingerprint density at radius 3 is 2.41 bits per heavy atom. The number of benzene rings is 2. The Morgan fingerprint density at radius 1 is 1.05 bits per heavy atom. The fraction of sp³-hybridized carbons (Fsp3) is 0.378. The van der Waals surface area contributed by atoms with Crippen molar-refractivity contribution >= 4 is 27.6 Å². The van der Waals surface area contributed by atoms with Gasteiger partial charge in [0.1, 0.15) is 18.2 Å². The minimum atomic E-state index is -0.920. The second kappa shape index (κ2) is 15.3. The monoisotopic (exact) mass is 657 g/mol. The normalized spacial score (nSPS) is 18.4. The van der Waals surface area contributed by atoms with Crippen LogP contribution >= 0.6 is 15.9 Å². The van der Waals surface area contributed by atoms with Crippen molar-refractivity contribution in [2.75, 3.05) is 18.5 Å². The van der Waals surface area contributed by atoms with Crippen LogP contribution in [0.15, 0.2) is 100 Å². The summed E-state index contributed by atoms with van der Waals surface area (Å²) < 4.78 is 6.16. The van der Waals surface area contributed by atoms with Crippen molar-refractivity contribution in [3.63, 3.8) is 0 Å². The Labute approximate surface area is 270 Å². The summed E-state index contributed by atoms with van der Waals surface area (Å²) in [5, 5.41) is 16.5. The Balaban J connectivity index is 1.27. The van der Waals surface area contributed by atoms with Crippen LogP contribution in [0.5, 0.6) is 5.75 Å². The maximum absolute atomic E-state index is 11.2. The number of carboxylic acid groups (broad SMARTS) is 1. The highest BCUT2D eigenvalue weighted by Crippen LogP contribution is 2.36. The van der Waals surface area contributed by atoms with E-state index in [9.17, 15) is 9.90 Å². The number of rotatable bonds is 13. The molecule has 44 heavy (non-hydrogen) atoms. The molecule has 2 saturated carbocycles. The average molecular weight is 659 g/mol. The first-order valence-electron chi connectivity index (χ1n) is 15.8. The molecule has 5 rings (SSSR count). The molecule has 3 fully saturated rings. The van der Waals surface area contributed by atoms with Gasteiger partial charge in [0.05, 0.1) is 11.6 Å². The van der Waals surface area contributed by atoms with Crippen molar-refractivity contribution in [3.05, 3.63) is 117 Å². The number of likely N-dealkylation sites (tertiary alicyclic amines) is 1. The zero-order chi connectivity index (χ0) is 30.9. The number of carbonyl (C=O) groups is 1. The fourth-order valence-electron chi connectivity index (χ4n) is 5.96. The summed E-state index contributed by atoms with van der Waals surface area (Å²) in [6.45, 7) is 5.86. The molecule has 1 atom stereocenters. The van der Waals surface area contributed by atoms with E-state index in [1.165, 1.54) is 48.1 Å². The number of hydrogen-bond acceptors (Lipinski definition) is 5. The third kappa shape index (κ3) is 8.06. The van der Waals surface area contributed by atoms with E-state index in [0.29, 0.717) is 12.6 Å². The fourth-order valence-corrected chi connectivity index (χ4v) is 6.22. The largest absolute Gasteiger partial charge is 0.491 e. The molecule has 0 spiro atoms. The van der Waals surface area contributed by atoms with Gasteiger partial charge >= 0.3 is 5.97 Å². The maximum Gasteiger partial charge on any atom is 0.335 e. The van der Waals surface area contributed by atoms with E-state index in [2.05, 4.69) is 62.7 Å². The Bertz CT molecular complexity index is 1470. The molecule has 0 aromatic heterocycles. The lowest BCUT2D eigenvalue weighted by Crippen LogP contribution is -2.35. The number of aromatic carboxylic acids is 1. The Hall–Kier alpha value is -3.71. The van der Waals surface area contributed by atoms with Gasteiger partial charge in [-0.1, -0.05) is 51.9 Å². The van der Waals surface area contributed by atoms with Crippen LogP contribution in [-0.4, -0.2) is 35.2 Å². The second-order valence-electron chi connectivity index (χ2n) is 11.9. The Kier molecular flexibility index (Phi) is 11.1. The van der Waals surface area contributed by atoms with Gasteiger partial charge < -0.3 is 25.4 Å². The number of ether oxygens (including phenoxy) is 1. The second-order valence-corrected chi connectivity index (χ2v) is 12.3. The molecule has 232 valence electrons. The molecule has 1 aliphatic heterocycles. The molecule has 1 saturated heterocycles. The van der Waals surface area contributed by atoms with Gasteiger partial charge in [-0.2, -0.15) is 0 Å². The minimum absolute atomic E-state index is 0.276. The highest BCUT2D eigenvalue weighted by Gasteiger charge is 2.30. The molecule has 7 heteroatoms. The zero-order valence-electron chi connectivity index (χ0n) is 25.9. The quantitative estimate of drug-likeness (QED) is 0.187. The molecule has 3 aliphatic rings. The summed E-state index contributed by atoms with van der Waals surface area (Å²) in [6, 6.07) is 13.9. The van der Waals surface area contributed by atoms with Gasteiger partial charge in [-0.05, 0) is 118 Å². The van der Waals surface area contributed by atoms with E-state index < -0.39 is 5.97 Å². The van der Waals surface area contributed by atoms with Crippen molar-refractivity contribution < 1.29 is 14.6 Å². The molecule has 2 aromatic carbocycles. The highest BCUT2D eigenvalue weighted by atomic mass is 79.9. The molecule has 6 nitrogen and oxygen atoms in total. The minimum Gasteiger partial charge on any atom is -0.491 e. The first kappa shape index (κ1) is 31.7. The van der Waals surface area contributed by atoms with Crippen molar-refractivity contribution in [2.24, 2.45) is 0 Å². The van der Waals surface area contributed by atoms with Crippen LogP contribution in [0.4, 0.5) is 5.69 Å². The smallest absolute Gasteiger partial charge is 0.335 e. The first-order valence-corrected chi connectivity index (χ1v) is 16.8. The lowest BCUT2D eigenvalue weighted by atomic mass is 9.87. The van der Waals surface area contributed by atoms with Crippen molar-refractivity contribution in [3.8, 4) is 5.75 Å². The molecule has 0 amide bonds. The van der Waals surface area contributed by atoms with Gasteiger partial charge in [-0.25, -0.2) is 4.79 Å². The molecule has 3 N–H and O–H groups in total. The van der Waals surface area contributed by atoms with Crippen LogP contribution in [0, 0.1) is 6.92 Å². The Morgan fingerprint density at radius 2 is 1.80 bits per heavy atom. The molecule has 2 aromatic rings. The van der Waals surface area contributed by atoms with E-state index in [1.807, 2.05) is 30.1 Å². The number of hydrogen-bond donors (Lipinski definition) is 3. The molecule has 1 unspecified atom stereocenters. The third-order valence-corrected chi connectivity index (χ3v) is 9.32. The predicted molar refractivity (Wildman–Crippen MR) is 183 cm³/mol. The van der Waals surface area contributed by atoms with Crippen molar-refractivity contribution in [1.82, 2.24) is 10.2 Å². The summed E-state index contributed by atoms with van der Waals surface area (Å²) in [6.07, 6.45) is 18.4. The van der Waals surface area contributed by atoms with Gasteiger partial charge in [-0.3, -0.25) is 0 Å². The zero-order valence-corrected chi connectivity index (χ0v) is 27.5. The summed E-state index contributed by atoms with van der Waals surface area (Å²) in [5.74, 6) is 0.880. The van der Waals surface area contributed by atoms with Gasteiger partial charge in [0.15, 0.2) is 0 Å². The van der Waals surface area contributed by atoms with Crippen molar-refractivity contribution in [1.29, 1.82) is 0 Å². The maximum atomic E-state index is 11.2. The van der Waals surface area contributed by atoms with Crippen LogP contribution in [-0.2, 0) is 6.42 Å². The van der Waals surface area contributed by atoms with Gasteiger partial charge in [0.25, 0.3) is 0 Å². The summed E-state index contributed by atoms with van der Waals surface area (Å²) in [7, 11) is 0. The number of nitrogens with zero attached hydrogens (tertiary/aromatic N) is 1. The number of aryl methyl sites for hydroxylation is 1. The SMILES string of the molecule is C\C=C/C=C\C(=C\Br)NC(Nc1ccc(CC(=C2CCC2)N2CCCC2COc2ccc(C(=O)O)cc2)cc1C)=C1CCC1. The number of halogens is 1. The molecule has 1 heterocycles. The van der Waals surface area contributed by atoms with Crippen LogP contribution in [0.25, 0.3) is 0 Å². The van der Waals surface area contributed by atoms with E-state index >= 15 is 0 Å². The van der Waals surface area contributed by atoms with Crippen LogP contribution < -0.4 is 15.4 Å². The molecular formula is C37H44BrN3O3. The van der Waals surface area contributed by atoms with E-state index in [1.54, 1.807) is 29.8 Å². The van der Waals surface area contributed by atoms with Crippen molar-refractivity contribution in [2.45, 2.75) is 77.7 Å². The average Bonchev–Trinajstić information content (AvgIpc) is 3.43. The van der Waals surface area contributed by atoms with Gasteiger partial charge in [0.2, 0.25) is 0 Å². The third-order valence-electron chi connectivity index (χ3n) is 8.83. The predicted octanol–water partition coefficient (Wildman–Crippen LogP) is 8.98. The number of carboxylic acids is 1. The van der Waals surface area contributed by atoms with Crippen LogP contribution in [0.3, 0.4) is 0 Å². The van der Waals surface area contributed by atoms with Gasteiger partial charge in [-0.15, -0.1) is 0 Å². The van der Waals surface area contributed by atoms with Crippen LogP contribution in [0.1, 0.15) is 79.8 Å². The first-order chi connectivity index (χ1) is 21.4. The van der Waals surface area contributed by atoms with E-state index in [0.717, 1.165) is 61.6 Å². The molecule has 2 aliphatic carbocycles. The number of anilines is 1. The van der Waals surface area contributed by atoms with Crippen LogP contribution in [0.2, 0.25) is 0 Å². The summed E-state index contributed by atoms with van der Waals surface area (Å²) in [4.78, 5) is 15.7. The lowest BCUT2D eigenvalue weighted by Gasteiger charge is -2.34. The summed E-state index contributed by atoms with van der Waals surface area (Å²) in [5.41, 5.74) is 9.46. The molecule has 0 bridgehead atoms. The molecule has 0 radical (unpaired) electrons. The summed E-state index contributed by atoms with van der Waals surface area (Å²) >= 11 is 3.52.